The quantitative estimate of drug-likeness (QED) is 0.506. The Kier molecular flexibility index (Phi) is 6.32. The molecule has 4 rings (SSSR count). The van der Waals surface area contributed by atoms with Gasteiger partial charge in [-0.05, 0) is 60.7 Å². The van der Waals surface area contributed by atoms with Gasteiger partial charge in [0.2, 0.25) is 0 Å². The highest BCUT2D eigenvalue weighted by Gasteiger charge is 2.33. The van der Waals surface area contributed by atoms with E-state index in [1.165, 1.54) is 12.1 Å². The SMILES string of the molecule is COc1ccc(OC)c(C2SCCN2C(=O)c2cccc(Oc3ccc(F)cc3)c2)c1. The van der Waals surface area contributed by atoms with Gasteiger partial charge >= 0.3 is 0 Å². The molecule has 0 bridgehead atoms. The van der Waals surface area contributed by atoms with E-state index in [1.54, 1.807) is 62.4 Å². The molecule has 0 radical (unpaired) electrons. The van der Waals surface area contributed by atoms with E-state index in [2.05, 4.69) is 0 Å². The maximum Gasteiger partial charge on any atom is 0.255 e. The highest BCUT2D eigenvalue weighted by molar-refractivity contribution is 7.99. The minimum Gasteiger partial charge on any atom is -0.497 e. The van der Waals surface area contributed by atoms with Gasteiger partial charge in [-0.25, -0.2) is 4.39 Å². The molecule has 1 atom stereocenters. The van der Waals surface area contributed by atoms with Crippen molar-refractivity contribution in [3.63, 3.8) is 0 Å². The van der Waals surface area contributed by atoms with Crippen LogP contribution in [0, 0.1) is 5.82 Å². The molecule has 1 fully saturated rings. The topological polar surface area (TPSA) is 48.0 Å². The van der Waals surface area contributed by atoms with E-state index in [4.69, 9.17) is 14.2 Å². The lowest BCUT2D eigenvalue weighted by Crippen LogP contribution is -2.30. The van der Waals surface area contributed by atoms with Crippen molar-refractivity contribution < 1.29 is 23.4 Å². The Morgan fingerprint density at radius 2 is 1.74 bits per heavy atom. The van der Waals surface area contributed by atoms with E-state index < -0.39 is 0 Å². The Bertz CT molecular complexity index is 1070. The Labute approximate surface area is 184 Å². The van der Waals surface area contributed by atoms with Crippen LogP contribution in [-0.2, 0) is 0 Å². The first-order chi connectivity index (χ1) is 15.1. The van der Waals surface area contributed by atoms with Crippen LogP contribution >= 0.6 is 11.8 Å². The summed E-state index contributed by atoms with van der Waals surface area (Å²) in [6.07, 6.45) is 0. The summed E-state index contributed by atoms with van der Waals surface area (Å²) < 4.78 is 29.8. The third kappa shape index (κ3) is 4.61. The molecule has 0 aromatic heterocycles. The van der Waals surface area contributed by atoms with Crippen LogP contribution < -0.4 is 14.2 Å². The third-order valence-electron chi connectivity index (χ3n) is 4.99. The molecular formula is C24H22FNO4S. The molecule has 1 aliphatic heterocycles. The normalized spacial score (nSPS) is 15.6. The molecule has 0 aliphatic carbocycles. The molecular weight excluding hydrogens is 417 g/mol. The number of thioether (sulfide) groups is 1. The lowest BCUT2D eigenvalue weighted by atomic mass is 10.1. The minimum absolute atomic E-state index is 0.0931. The maximum absolute atomic E-state index is 13.4. The lowest BCUT2D eigenvalue weighted by molar-refractivity contribution is 0.0759. The van der Waals surface area contributed by atoms with Crippen LogP contribution in [0.4, 0.5) is 4.39 Å². The molecule has 3 aromatic carbocycles. The minimum atomic E-state index is -0.332. The molecule has 1 unspecified atom stereocenters. The zero-order chi connectivity index (χ0) is 21.8. The summed E-state index contributed by atoms with van der Waals surface area (Å²) in [6.45, 7) is 0.623. The second-order valence-corrected chi connectivity index (χ2v) is 8.10. The first-order valence-corrected chi connectivity index (χ1v) is 10.8. The molecule has 3 aromatic rings. The van der Waals surface area contributed by atoms with Gasteiger partial charge < -0.3 is 19.1 Å². The van der Waals surface area contributed by atoms with Crippen LogP contribution in [0.1, 0.15) is 21.3 Å². The fourth-order valence-electron chi connectivity index (χ4n) is 3.47. The molecule has 1 saturated heterocycles. The van der Waals surface area contributed by atoms with Gasteiger partial charge in [0.15, 0.2) is 0 Å². The molecule has 7 heteroatoms. The van der Waals surface area contributed by atoms with Gasteiger partial charge in [-0.15, -0.1) is 11.8 Å². The van der Waals surface area contributed by atoms with Crippen molar-refractivity contribution in [3.8, 4) is 23.0 Å². The summed E-state index contributed by atoms with van der Waals surface area (Å²) in [7, 11) is 3.23. The van der Waals surface area contributed by atoms with Crippen LogP contribution in [-0.4, -0.2) is 37.3 Å². The summed E-state index contributed by atoms with van der Waals surface area (Å²) >= 11 is 1.69. The Balaban J connectivity index is 1.58. The molecule has 1 aliphatic rings. The number of ether oxygens (including phenoxy) is 3. The predicted molar refractivity (Wildman–Crippen MR) is 119 cm³/mol. The molecule has 0 N–H and O–H groups in total. The van der Waals surface area contributed by atoms with Crippen molar-refractivity contribution in [3.05, 3.63) is 83.7 Å². The summed E-state index contributed by atoms with van der Waals surface area (Å²) in [4.78, 5) is 15.2. The van der Waals surface area contributed by atoms with Crippen molar-refractivity contribution in [1.29, 1.82) is 0 Å². The number of amides is 1. The first-order valence-electron chi connectivity index (χ1n) is 9.77. The molecule has 160 valence electrons. The largest absolute Gasteiger partial charge is 0.497 e. The van der Waals surface area contributed by atoms with Gasteiger partial charge in [0.25, 0.3) is 5.91 Å². The van der Waals surface area contributed by atoms with Crippen molar-refractivity contribution in [2.75, 3.05) is 26.5 Å². The number of methoxy groups -OCH3 is 2. The molecule has 1 heterocycles. The number of hydrogen-bond acceptors (Lipinski definition) is 5. The zero-order valence-electron chi connectivity index (χ0n) is 17.2. The Morgan fingerprint density at radius 1 is 0.968 bits per heavy atom. The summed E-state index contributed by atoms with van der Waals surface area (Å²) in [5.74, 6) is 2.84. The van der Waals surface area contributed by atoms with E-state index in [0.717, 1.165) is 11.3 Å². The van der Waals surface area contributed by atoms with Gasteiger partial charge in [0, 0.05) is 23.4 Å². The number of carbonyl (C=O) groups excluding carboxylic acids is 1. The third-order valence-corrected chi connectivity index (χ3v) is 6.23. The summed E-state index contributed by atoms with van der Waals surface area (Å²) in [6, 6.07) is 18.4. The van der Waals surface area contributed by atoms with Crippen molar-refractivity contribution in [2.45, 2.75) is 5.37 Å². The molecule has 0 spiro atoms. The summed E-state index contributed by atoms with van der Waals surface area (Å²) in [5, 5.41) is -0.181. The Hall–Kier alpha value is -3.19. The maximum atomic E-state index is 13.4. The molecule has 5 nitrogen and oxygen atoms in total. The van der Waals surface area contributed by atoms with Crippen LogP contribution in [0.2, 0.25) is 0 Å². The smallest absolute Gasteiger partial charge is 0.255 e. The monoisotopic (exact) mass is 439 g/mol. The molecule has 0 saturated carbocycles. The fraction of sp³-hybridized carbons (Fsp3) is 0.208. The predicted octanol–water partition coefficient (Wildman–Crippen LogP) is 5.52. The van der Waals surface area contributed by atoms with E-state index in [0.29, 0.717) is 35.1 Å². The van der Waals surface area contributed by atoms with Crippen LogP contribution in [0.15, 0.2) is 66.7 Å². The lowest BCUT2D eigenvalue weighted by Gasteiger charge is -2.26. The van der Waals surface area contributed by atoms with Crippen LogP contribution in [0.5, 0.6) is 23.0 Å². The number of rotatable bonds is 6. The number of carbonyl (C=O) groups is 1. The van der Waals surface area contributed by atoms with E-state index in [1.807, 2.05) is 23.1 Å². The number of nitrogens with zero attached hydrogens (tertiary/aromatic N) is 1. The van der Waals surface area contributed by atoms with E-state index >= 15 is 0 Å². The van der Waals surface area contributed by atoms with Gasteiger partial charge in [-0.2, -0.15) is 0 Å². The van der Waals surface area contributed by atoms with Crippen LogP contribution in [0.25, 0.3) is 0 Å². The first kappa shape index (κ1) is 21.1. The van der Waals surface area contributed by atoms with Crippen LogP contribution in [0.3, 0.4) is 0 Å². The molecule has 31 heavy (non-hydrogen) atoms. The Morgan fingerprint density at radius 3 is 2.48 bits per heavy atom. The second-order valence-electron chi connectivity index (χ2n) is 6.91. The zero-order valence-corrected chi connectivity index (χ0v) is 18.0. The van der Waals surface area contributed by atoms with Crippen molar-refractivity contribution in [2.24, 2.45) is 0 Å². The van der Waals surface area contributed by atoms with Gasteiger partial charge in [0.1, 0.15) is 34.2 Å². The van der Waals surface area contributed by atoms with Gasteiger partial charge in [-0.1, -0.05) is 6.07 Å². The van der Waals surface area contributed by atoms with Gasteiger partial charge in [0.05, 0.1) is 14.2 Å². The van der Waals surface area contributed by atoms with Crippen molar-refractivity contribution in [1.82, 2.24) is 4.90 Å². The highest BCUT2D eigenvalue weighted by atomic mass is 32.2. The number of benzene rings is 3. The average Bonchev–Trinajstić information content (AvgIpc) is 3.29. The molecule has 1 amide bonds. The standard InChI is InChI=1S/C24H22FNO4S/c1-28-19-10-11-22(29-2)21(15-19)24-26(12-13-31-24)23(27)16-4-3-5-20(14-16)30-18-8-6-17(25)7-9-18/h3-11,14-15,24H,12-13H2,1-2H3. The highest BCUT2D eigenvalue weighted by Crippen LogP contribution is 2.44. The summed E-state index contributed by atoms with van der Waals surface area (Å²) in [5.41, 5.74) is 1.42. The second kappa shape index (κ2) is 9.31. The number of halogens is 1. The van der Waals surface area contributed by atoms with E-state index in [9.17, 15) is 9.18 Å². The van der Waals surface area contributed by atoms with Crippen molar-refractivity contribution >= 4 is 17.7 Å². The number of hydrogen-bond donors (Lipinski definition) is 0. The average molecular weight is 440 g/mol. The fourth-order valence-corrected chi connectivity index (χ4v) is 4.74. The van der Waals surface area contributed by atoms with Gasteiger partial charge in [-0.3, -0.25) is 4.79 Å². The van der Waals surface area contributed by atoms with E-state index in [-0.39, 0.29) is 17.1 Å².